The number of carbonyl (C=O) groups is 1. The molecule has 0 atom stereocenters. The molecule has 0 fully saturated rings. The summed E-state index contributed by atoms with van der Waals surface area (Å²) in [6, 6.07) is 9.01. The molecule has 1 amide bonds. The van der Waals surface area contributed by atoms with Crippen LogP contribution in [0.3, 0.4) is 0 Å². The van der Waals surface area contributed by atoms with Crippen molar-refractivity contribution >= 4 is 29.1 Å². The largest absolute Gasteiger partial charge is 0.382 e. The Hall–Kier alpha value is -3.71. The second kappa shape index (κ2) is 8.53. The van der Waals surface area contributed by atoms with Gasteiger partial charge in [-0.15, -0.1) is 10.2 Å². The Kier molecular flexibility index (Phi) is 5.90. The number of nitrogen functional groups attached to an aromatic ring is 1. The monoisotopic (exact) mass is 414 g/mol. The molecule has 9 nitrogen and oxygen atoms in total. The normalized spacial score (nSPS) is 10.5. The third-order valence-electron chi connectivity index (χ3n) is 4.09. The highest BCUT2D eigenvalue weighted by Crippen LogP contribution is 2.22. The number of nitrogens with one attached hydrogen (secondary N) is 1. The molecule has 29 heavy (non-hydrogen) atoms. The Bertz CT molecular complexity index is 1090. The molecule has 0 aliphatic carbocycles. The van der Waals surface area contributed by atoms with Gasteiger partial charge in [-0.05, 0) is 43.2 Å². The zero-order chi connectivity index (χ0) is 21.0. The van der Waals surface area contributed by atoms with Gasteiger partial charge < -0.3 is 16.8 Å². The number of hydrogen-bond donors (Lipinski definition) is 3. The number of benzene rings is 1. The molecule has 3 rings (SSSR count). The molecule has 11 heteroatoms. The van der Waals surface area contributed by atoms with E-state index in [9.17, 15) is 14.4 Å². The Morgan fingerprint density at radius 3 is 2.69 bits per heavy atom. The van der Waals surface area contributed by atoms with Crippen molar-refractivity contribution in [3.05, 3.63) is 58.1 Å². The molecule has 0 aliphatic heterocycles. The van der Waals surface area contributed by atoms with Gasteiger partial charge in [-0.25, -0.2) is 9.07 Å². The number of nitriles is 1. The number of rotatable bonds is 7. The van der Waals surface area contributed by atoms with Crippen molar-refractivity contribution in [3.8, 4) is 11.8 Å². The minimum absolute atomic E-state index is 0.0600. The van der Waals surface area contributed by atoms with E-state index in [1.54, 1.807) is 0 Å². The lowest BCUT2D eigenvalue weighted by Gasteiger charge is -2.07. The van der Waals surface area contributed by atoms with Crippen molar-refractivity contribution in [3.63, 3.8) is 0 Å². The second-order valence-corrected chi connectivity index (χ2v) is 6.42. The van der Waals surface area contributed by atoms with Gasteiger partial charge in [0.05, 0.1) is 16.9 Å². The summed E-state index contributed by atoms with van der Waals surface area (Å²) < 4.78 is 14.5. The van der Waals surface area contributed by atoms with E-state index >= 15 is 0 Å². The number of primary amides is 1. The minimum Gasteiger partial charge on any atom is -0.382 e. The highest BCUT2D eigenvalue weighted by molar-refractivity contribution is 6.29. The summed E-state index contributed by atoms with van der Waals surface area (Å²) in [4.78, 5) is 11.5. The Morgan fingerprint density at radius 1 is 1.31 bits per heavy atom. The van der Waals surface area contributed by atoms with E-state index in [4.69, 9.17) is 23.1 Å². The number of nitrogens with zero attached hydrogens (tertiary/aromatic N) is 5. The first kappa shape index (κ1) is 20.0. The van der Waals surface area contributed by atoms with Gasteiger partial charge >= 0.3 is 0 Å². The van der Waals surface area contributed by atoms with Crippen molar-refractivity contribution in [2.45, 2.75) is 12.8 Å². The number of anilines is 2. The van der Waals surface area contributed by atoms with Gasteiger partial charge in [0, 0.05) is 6.54 Å². The number of aryl methyl sites for hydroxylation is 1. The van der Waals surface area contributed by atoms with Crippen molar-refractivity contribution < 1.29 is 9.18 Å². The summed E-state index contributed by atoms with van der Waals surface area (Å²) in [5.41, 5.74) is 12.8. The minimum atomic E-state index is -0.679. The number of nitrogens with two attached hydrogens (primary N) is 2. The molecular weight excluding hydrogens is 399 g/mol. The van der Waals surface area contributed by atoms with E-state index in [2.05, 4.69) is 26.7 Å². The lowest BCUT2D eigenvalue weighted by atomic mass is 10.1. The van der Waals surface area contributed by atoms with Crippen LogP contribution in [0.4, 0.5) is 16.0 Å². The molecule has 0 aliphatic rings. The standard InChI is InChI=1S/C18H16ClFN8O/c19-15-8-12(17(23)29)18(26-25-15)24-7-1-2-14-13(9-21)16(22)28(27-14)11-5-3-10(20)4-6-11/h3-6,8H,1-2,7,22H2,(H2,23,29)(H,24,26). The summed E-state index contributed by atoms with van der Waals surface area (Å²) in [6.07, 6.45) is 0.984. The van der Waals surface area contributed by atoms with Crippen molar-refractivity contribution in [2.75, 3.05) is 17.6 Å². The predicted octanol–water partition coefficient (Wildman–Crippen LogP) is 2.05. The third kappa shape index (κ3) is 4.41. The summed E-state index contributed by atoms with van der Waals surface area (Å²) in [5, 5.41) is 24.3. The van der Waals surface area contributed by atoms with Gasteiger partial charge in [0.15, 0.2) is 11.0 Å². The highest BCUT2D eigenvalue weighted by atomic mass is 35.5. The molecule has 0 radical (unpaired) electrons. The van der Waals surface area contributed by atoms with Crippen LogP contribution in [0.25, 0.3) is 5.69 Å². The fraction of sp³-hybridized carbons (Fsp3) is 0.167. The SMILES string of the molecule is N#Cc1c(CCCNc2nnc(Cl)cc2C(N)=O)nn(-c2ccc(F)cc2)c1N. The van der Waals surface area contributed by atoms with Crippen LogP contribution < -0.4 is 16.8 Å². The quantitative estimate of drug-likeness (QED) is 0.501. The van der Waals surface area contributed by atoms with E-state index in [-0.39, 0.29) is 33.7 Å². The van der Waals surface area contributed by atoms with E-state index in [1.807, 2.05) is 0 Å². The molecule has 0 bridgehead atoms. The van der Waals surface area contributed by atoms with E-state index < -0.39 is 5.91 Å². The summed E-state index contributed by atoms with van der Waals surface area (Å²) in [6.45, 7) is 0.408. The van der Waals surface area contributed by atoms with Gasteiger partial charge in [-0.1, -0.05) is 11.6 Å². The lowest BCUT2D eigenvalue weighted by molar-refractivity contribution is 0.100. The smallest absolute Gasteiger partial charge is 0.252 e. The van der Waals surface area contributed by atoms with Crippen molar-refractivity contribution in [1.29, 1.82) is 5.26 Å². The maximum Gasteiger partial charge on any atom is 0.252 e. The fourth-order valence-corrected chi connectivity index (χ4v) is 2.85. The van der Waals surface area contributed by atoms with Crippen LogP contribution in [0, 0.1) is 17.1 Å². The highest BCUT2D eigenvalue weighted by Gasteiger charge is 2.17. The predicted molar refractivity (Wildman–Crippen MR) is 105 cm³/mol. The topological polar surface area (TPSA) is 149 Å². The van der Waals surface area contributed by atoms with Gasteiger partial charge in [-0.3, -0.25) is 4.79 Å². The molecular formula is C18H16ClFN8O. The molecule has 3 aromatic rings. The van der Waals surface area contributed by atoms with Crippen LogP contribution in [0.5, 0.6) is 0 Å². The first-order valence-corrected chi connectivity index (χ1v) is 8.88. The van der Waals surface area contributed by atoms with Gasteiger partial charge in [0.1, 0.15) is 23.3 Å². The molecule has 2 heterocycles. The zero-order valence-electron chi connectivity index (χ0n) is 15.1. The molecule has 0 unspecified atom stereocenters. The average Bonchev–Trinajstić information content (AvgIpc) is 3.02. The van der Waals surface area contributed by atoms with E-state index in [0.29, 0.717) is 30.8 Å². The molecule has 0 saturated carbocycles. The van der Waals surface area contributed by atoms with Crippen molar-refractivity contribution in [1.82, 2.24) is 20.0 Å². The van der Waals surface area contributed by atoms with Gasteiger partial charge in [0.2, 0.25) is 0 Å². The summed E-state index contributed by atoms with van der Waals surface area (Å²) in [5.74, 6) is -0.658. The summed E-state index contributed by atoms with van der Waals surface area (Å²) >= 11 is 5.73. The van der Waals surface area contributed by atoms with Crippen molar-refractivity contribution in [2.24, 2.45) is 5.73 Å². The number of aromatic nitrogens is 4. The van der Waals surface area contributed by atoms with Crippen LogP contribution in [0.15, 0.2) is 30.3 Å². The number of amides is 1. The Morgan fingerprint density at radius 2 is 2.03 bits per heavy atom. The number of hydrogen-bond acceptors (Lipinski definition) is 7. The number of carbonyl (C=O) groups excluding carboxylic acids is 1. The van der Waals surface area contributed by atoms with Crippen LogP contribution in [0.1, 0.15) is 28.0 Å². The zero-order valence-corrected chi connectivity index (χ0v) is 15.8. The number of halogens is 2. The van der Waals surface area contributed by atoms with Gasteiger partial charge in [-0.2, -0.15) is 10.4 Å². The molecule has 0 saturated heterocycles. The molecule has 148 valence electrons. The Balaban J connectivity index is 1.70. The van der Waals surface area contributed by atoms with Crippen LogP contribution in [-0.2, 0) is 6.42 Å². The second-order valence-electron chi connectivity index (χ2n) is 6.03. The molecule has 0 spiro atoms. The maximum atomic E-state index is 13.1. The maximum absolute atomic E-state index is 13.1. The third-order valence-corrected chi connectivity index (χ3v) is 4.27. The van der Waals surface area contributed by atoms with Crippen LogP contribution in [-0.4, -0.2) is 32.4 Å². The fourth-order valence-electron chi connectivity index (χ4n) is 2.70. The van der Waals surface area contributed by atoms with E-state index in [1.165, 1.54) is 35.0 Å². The average molecular weight is 415 g/mol. The first-order chi connectivity index (χ1) is 13.9. The van der Waals surface area contributed by atoms with Crippen LogP contribution in [0.2, 0.25) is 5.15 Å². The first-order valence-electron chi connectivity index (χ1n) is 8.51. The van der Waals surface area contributed by atoms with Gasteiger partial charge in [0.25, 0.3) is 5.91 Å². The lowest BCUT2D eigenvalue weighted by Crippen LogP contribution is -2.17. The molecule has 2 aromatic heterocycles. The Labute approximate surface area is 170 Å². The van der Waals surface area contributed by atoms with Crippen LogP contribution >= 0.6 is 11.6 Å². The van der Waals surface area contributed by atoms with E-state index in [0.717, 1.165) is 0 Å². The summed E-state index contributed by atoms with van der Waals surface area (Å²) in [7, 11) is 0. The molecule has 5 N–H and O–H groups in total. The molecule has 1 aromatic carbocycles.